The van der Waals surface area contributed by atoms with Gasteiger partial charge in [-0.25, -0.2) is 0 Å². The van der Waals surface area contributed by atoms with E-state index >= 15 is 0 Å². The lowest BCUT2D eigenvalue weighted by Crippen LogP contribution is -2.54. The summed E-state index contributed by atoms with van der Waals surface area (Å²) in [4.78, 5) is 0. The summed E-state index contributed by atoms with van der Waals surface area (Å²) in [5.41, 5.74) is 2.56. The molecule has 8 atom stereocenters. The van der Waals surface area contributed by atoms with Crippen molar-refractivity contribution in [2.75, 3.05) is 6.61 Å². The summed E-state index contributed by atoms with van der Waals surface area (Å²) < 4.78 is 6.06. The summed E-state index contributed by atoms with van der Waals surface area (Å²) in [6.07, 6.45) is 15.0. The first-order valence-electron chi connectivity index (χ1n) is 11.3. The van der Waals surface area contributed by atoms with Crippen molar-refractivity contribution >= 4 is 0 Å². The van der Waals surface area contributed by atoms with Crippen molar-refractivity contribution < 1.29 is 4.74 Å². The van der Waals surface area contributed by atoms with Crippen LogP contribution in [0.1, 0.15) is 78.6 Å². The van der Waals surface area contributed by atoms with Gasteiger partial charge in [-0.1, -0.05) is 32.1 Å². The molecule has 1 heteroatoms. The van der Waals surface area contributed by atoms with E-state index in [0.717, 1.165) is 36.2 Å². The second-order valence-electron chi connectivity index (χ2n) is 10.7. The second kappa shape index (κ2) is 6.80. The molecule has 0 aromatic rings. The van der Waals surface area contributed by atoms with Crippen LogP contribution in [-0.4, -0.2) is 12.7 Å². The molecule has 146 valence electrons. The summed E-state index contributed by atoms with van der Waals surface area (Å²) in [5, 5.41) is 0. The first-order chi connectivity index (χ1) is 12.4. The first kappa shape index (κ1) is 18.8. The Morgan fingerprint density at radius 3 is 2.46 bits per heavy atom. The molecule has 4 saturated carbocycles. The van der Waals surface area contributed by atoms with Crippen LogP contribution >= 0.6 is 0 Å². The molecule has 26 heavy (non-hydrogen) atoms. The molecule has 0 bridgehead atoms. The number of fused-ring (bicyclic) bond motifs is 5. The van der Waals surface area contributed by atoms with E-state index in [0.29, 0.717) is 16.9 Å². The normalized spacial score (nSPS) is 50.4. The van der Waals surface area contributed by atoms with Crippen molar-refractivity contribution in [2.24, 2.45) is 40.4 Å². The number of allylic oxidation sites excluding steroid dienone is 1. The molecular weight excluding hydrogens is 316 g/mol. The van der Waals surface area contributed by atoms with Crippen molar-refractivity contribution in [1.29, 1.82) is 0 Å². The van der Waals surface area contributed by atoms with E-state index in [1.165, 1.54) is 63.4 Å². The molecule has 4 aliphatic rings. The number of hydrogen-bond acceptors (Lipinski definition) is 1. The van der Waals surface area contributed by atoms with Crippen LogP contribution in [-0.2, 0) is 4.74 Å². The standard InChI is InChI=1S/C25H40O/c1-6-15-26-19-11-13-24(4)18(16-19)7-8-20-22-10-9-21(17(2)3)25(22,5)14-12-23(20)24/h6,18-23H,1-2,7-16H2,3-5H3/t18-,19+,20?,21+,22?,23?,24-,25+/m0/s1. The Morgan fingerprint density at radius 2 is 1.73 bits per heavy atom. The maximum atomic E-state index is 6.06. The van der Waals surface area contributed by atoms with Gasteiger partial charge in [0.05, 0.1) is 12.7 Å². The molecule has 1 nitrogen and oxygen atoms in total. The van der Waals surface area contributed by atoms with Crippen LogP contribution in [0.4, 0.5) is 0 Å². The third-order valence-electron chi connectivity index (χ3n) is 9.66. The van der Waals surface area contributed by atoms with Gasteiger partial charge in [0, 0.05) is 0 Å². The monoisotopic (exact) mass is 356 g/mol. The van der Waals surface area contributed by atoms with E-state index in [-0.39, 0.29) is 0 Å². The molecule has 0 heterocycles. The fourth-order valence-electron chi connectivity index (χ4n) is 8.38. The van der Waals surface area contributed by atoms with Gasteiger partial charge in [-0.05, 0) is 105 Å². The predicted molar refractivity (Wildman–Crippen MR) is 110 cm³/mol. The lowest BCUT2D eigenvalue weighted by Gasteiger charge is -2.61. The van der Waals surface area contributed by atoms with Crippen LogP contribution in [0.3, 0.4) is 0 Å². The van der Waals surface area contributed by atoms with E-state index in [1.54, 1.807) is 0 Å². The summed E-state index contributed by atoms with van der Waals surface area (Å²) in [6.45, 7) is 16.5. The minimum atomic E-state index is 0.482. The largest absolute Gasteiger partial charge is 0.374 e. The highest BCUT2D eigenvalue weighted by Gasteiger charge is 2.60. The van der Waals surface area contributed by atoms with Gasteiger partial charge in [0.1, 0.15) is 0 Å². The topological polar surface area (TPSA) is 9.23 Å². The Labute approximate surface area is 161 Å². The molecule has 0 aromatic carbocycles. The lowest BCUT2D eigenvalue weighted by molar-refractivity contribution is -0.131. The predicted octanol–water partition coefficient (Wildman–Crippen LogP) is 6.79. The van der Waals surface area contributed by atoms with E-state index in [2.05, 4.69) is 33.9 Å². The third-order valence-corrected chi connectivity index (χ3v) is 9.66. The third kappa shape index (κ3) is 2.76. The zero-order valence-electron chi connectivity index (χ0n) is 17.4. The summed E-state index contributed by atoms with van der Waals surface area (Å²) in [7, 11) is 0. The highest BCUT2D eigenvalue weighted by Crippen LogP contribution is 2.68. The van der Waals surface area contributed by atoms with Gasteiger partial charge in [-0.2, -0.15) is 0 Å². The van der Waals surface area contributed by atoms with E-state index < -0.39 is 0 Å². The maximum Gasteiger partial charge on any atom is 0.0648 e. The molecule has 4 fully saturated rings. The quantitative estimate of drug-likeness (QED) is 0.504. The van der Waals surface area contributed by atoms with Gasteiger partial charge in [0.15, 0.2) is 0 Å². The van der Waals surface area contributed by atoms with Crippen molar-refractivity contribution in [3.05, 3.63) is 24.8 Å². The Bertz CT molecular complexity index is 565. The molecule has 0 aromatic heterocycles. The summed E-state index contributed by atoms with van der Waals surface area (Å²) >= 11 is 0. The van der Waals surface area contributed by atoms with Gasteiger partial charge in [0.2, 0.25) is 0 Å². The minimum Gasteiger partial charge on any atom is -0.374 e. The highest BCUT2D eigenvalue weighted by molar-refractivity contribution is 5.15. The molecular formula is C25H40O. The van der Waals surface area contributed by atoms with Crippen LogP contribution in [0, 0.1) is 40.4 Å². The van der Waals surface area contributed by atoms with Gasteiger partial charge >= 0.3 is 0 Å². The molecule has 0 aliphatic heterocycles. The summed E-state index contributed by atoms with van der Waals surface area (Å²) in [6, 6.07) is 0. The van der Waals surface area contributed by atoms with Crippen LogP contribution in [0.25, 0.3) is 0 Å². The Morgan fingerprint density at radius 1 is 1.00 bits per heavy atom. The van der Waals surface area contributed by atoms with E-state index in [4.69, 9.17) is 4.74 Å². The molecule has 0 radical (unpaired) electrons. The average molecular weight is 357 g/mol. The van der Waals surface area contributed by atoms with E-state index in [1.807, 2.05) is 6.08 Å². The smallest absolute Gasteiger partial charge is 0.0648 e. The van der Waals surface area contributed by atoms with Gasteiger partial charge in [-0.15, -0.1) is 6.58 Å². The van der Waals surface area contributed by atoms with Crippen molar-refractivity contribution in [3.63, 3.8) is 0 Å². The fourth-order valence-corrected chi connectivity index (χ4v) is 8.38. The molecule has 4 aliphatic carbocycles. The number of rotatable bonds is 4. The fraction of sp³-hybridized carbons (Fsp3) is 0.840. The molecule has 0 spiro atoms. The van der Waals surface area contributed by atoms with Crippen LogP contribution in [0.15, 0.2) is 24.8 Å². The van der Waals surface area contributed by atoms with Gasteiger partial charge in [0.25, 0.3) is 0 Å². The van der Waals surface area contributed by atoms with Crippen molar-refractivity contribution in [3.8, 4) is 0 Å². The van der Waals surface area contributed by atoms with Gasteiger partial charge in [-0.3, -0.25) is 0 Å². The molecule has 4 rings (SSSR count). The average Bonchev–Trinajstić information content (AvgIpc) is 2.97. The first-order valence-corrected chi connectivity index (χ1v) is 11.3. The SMILES string of the molecule is C=CCO[C@@H]1CC[C@]2(C)C3CC[C@@]4(C)C(CC[C@@H]4C(=C)C)C3CC[C@H]2C1. The maximum absolute atomic E-state index is 6.06. The number of ether oxygens (including phenoxy) is 1. The van der Waals surface area contributed by atoms with Crippen molar-refractivity contribution in [1.82, 2.24) is 0 Å². The molecule has 0 saturated heterocycles. The van der Waals surface area contributed by atoms with Gasteiger partial charge < -0.3 is 4.74 Å². The van der Waals surface area contributed by atoms with Crippen LogP contribution < -0.4 is 0 Å². The zero-order chi connectivity index (χ0) is 18.5. The Balaban J connectivity index is 1.52. The lowest BCUT2D eigenvalue weighted by atomic mass is 9.44. The zero-order valence-corrected chi connectivity index (χ0v) is 17.4. The highest BCUT2D eigenvalue weighted by atomic mass is 16.5. The van der Waals surface area contributed by atoms with E-state index in [9.17, 15) is 0 Å². The van der Waals surface area contributed by atoms with Crippen LogP contribution in [0.5, 0.6) is 0 Å². The molecule has 0 amide bonds. The Kier molecular flexibility index (Phi) is 4.91. The Hall–Kier alpha value is -0.560. The van der Waals surface area contributed by atoms with Crippen molar-refractivity contribution in [2.45, 2.75) is 84.7 Å². The molecule has 3 unspecified atom stereocenters. The van der Waals surface area contributed by atoms with Crippen LogP contribution in [0.2, 0.25) is 0 Å². The minimum absolute atomic E-state index is 0.482. The number of hydrogen-bond donors (Lipinski definition) is 0. The summed E-state index contributed by atoms with van der Waals surface area (Å²) in [5.74, 6) is 4.56. The molecule has 0 N–H and O–H groups in total. The second-order valence-corrected chi connectivity index (χ2v) is 10.7.